The molecule has 4 heteroatoms. The lowest BCUT2D eigenvalue weighted by Crippen LogP contribution is -2.54. The molecule has 2 rings (SSSR count). The first-order valence-electron chi connectivity index (χ1n) is 7.26. The van der Waals surface area contributed by atoms with Crippen molar-refractivity contribution in [1.82, 2.24) is 10.6 Å². The van der Waals surface area contributed by atoms with E-state index >= 15 is 0 Å². The summed E-state index contributed by atoms with van der Waals surface area (Å²) >= 11 is 0. The Kier molecular flexibility index (Phi) is 4.33. The van der Waals surface area contributed by atoms with Crippen LogP contribution in [0.4, 0.5) is 5.69 Å². The van der Waals surface area contributed by atoms with E-state index < -0.39 is 0 Å². The van der Waals surface area contributed by atoms with Gasteiger partial charge in [-0.1, -0.05) is 18.2 Å². The molecule has 1 aliphatic heterocycles. The van der Waals surface area contributed by atoms with Crippen molar-refractivity contribution in [3.05, 3.63) is 29.8 Å². The minimum absolute atomic E-state index is 0.0813. The molecule has 0 saturated carbocycles. The number of rotatable bonds is 3. The maximum Gasteiger partial charge on any atom is 0.242 e. The van der Waals surface area contributed by atoms with E-state index in [2.05, 4.69) is 54.5 Å². The molecular weight excluding hydrogens is 250 g/mol. The molecule has 4 nitrogen and oxygen atoms in total. The maximum absolute atomic E-state index is 11.8. The van der Waals surface area contributed by atoms with Gasteiger partial charge in [-0.3, -0.25) is 4.79 Å². The summed E-state index contributed by atoms with van der Waals surface area (Å²) in [5.41, 5.74) is 2.48. The van der Waals surface area contributed by atoms with E-state index in [1.165, 1.54) is 5.56 Å². The van der Waals surface area contributed by atoms with Crippen LogP contribution in [0.5, 0.6) is 0 Å². The van der Waals surface area contributed by atoms with Gasteiger partial charge in [-0.05, 0) is 39.3 Å². The van der Waals surface area contributed by atoms with Crippen LogP contribution in [0.3, 0.4) is 0 Å². The smallest absolute Gasteiger partial charge is 0.242 e. The highest BCUT2D eigenvalue weighted by Crippen LogP contribution is 2.24. The second-order valence-corrected chi connectivity index (χ2v) is 6.39. The van der Waals surface area contributed by atoms with Gasteiger partial charge in [-0.25, -0.2) is 0 Å². The Bertz CT molecular complexity index is 479. The predicted molar refractivity (Wildman–Crippen MR) is 82.9 cm³/mol. The first-order valence-corrected chi connectivity index (χ1v) is 7.26. The average molecular weight is 275 g/mol. The van der Waals surface area contributed by atoms with E-state index in [-0.39, 0.29) is 17.5 Å². The molecule has 1 fully saturated rings. The fourth-order valence-electron chi connectivity index (χ4n) is 2.41. The van der Waals surface area contributed by atoms with Crippen LogP contribution in [0, 0.1) is 0 Å². The predicted octanol–water partition coefficient (Wildman–Crippen LogP) is 1.90. The molecule has 0 radical (unpaired) electrons. The number of piperazine rings is 1. The molecule has 1 atom stereocenters. The number of amides is 1. The summed E-state index contributed by atoms with van der Waals surface area (Å²) in [4.78, 5) is 14.0. The summed E-state index contributed by atoms with van der Waals surface area (Å²) in [5.74, 6) is 0.106. The SMILES string of the molecule is CC1C(=O)NCCN1c1ccccc1CNC(C)(C)C. The molecule has 1 aromatic carbocycles. The Morgan fingerprint density at radius 2 is 2.05 bits per heavy atom. The zero-order chi connectivity index (χ0) is 14.8. The molecule has 0 spiro atoms. The fourth-order valence-corrected chi connectivity index (χ4v) is 2.41. The number of para-hydroxylation sites is 1. The van der Waals surface area contributed by atoms with Gasteiger partial charge in [0.1, 0.15) is 6.04 Å². The molecule has 1 heterocycles. The number of carbonyl (C=O) groups is 1. The largest absolute Gasteiger partial charge is 0.358 e. The van der Waals surface area contributed by atoms with Gasteiger partial charge in [0.25, 0.3) is 0 Å². The summed E-state index contributed by atoms with van der Waals surface area (Å²) in [6, 6.07) is 8.22. The first-order chi connectivity index (χ1) is 9.38. The molecule has 20 heavy (non-hydrogen) atoms. The fraction of sp³-hybridized carbons (Fsp3) is 0.562. The normalized spacial score (nSPS) is 19.9. The molecule has 1 amide bonds. The summed E-state index contributed by atoms with van der Waals surface area (Å²) in [6.07, 6.45) is 0. The number of carbonyl (C=O) groups excluding carboxylic acids is 1. The van der Waals surface area contributed by atoms with Crippen LogP contribution in [0.15, 0.2) is 24.3 Å². The maximum atomic E-state index is 11.8. The zero-order valence-electron chi connectivity index (χ0n) is 12.9. The molecule has 1 aliphatic rings. The van der Waals surface area contributed by atoms with Crippen molar-refractivity contribution in [1.29, 1.82) is 0 Å². The Balaban J connectivity index is 2.21. The highest BCUT2D eigenvalue weighted by atomic mass is 16.2. The second-order valence-electron chi connectivity index (χ2n) is 6.39. The van der Waals surface area contributed by atoms with Crippen molar-refractivity contribution in [2.45, 2.75) is 45.8 Å². The summed E-state index contributed by atoms with van der Waals surface area (Å²) < 4.78 is 0. The van der Waals surface area contributed by atoms with E-state index in [9.17, 15) is 4.79 Å². The van der Waals surface area contributed by atoms with Gasteiger partial charge in [0.15, 0.2) is 0 Å². The van der Waals surface area contributed by atoms with Gasteiger partial charge in [-0.2, -0.15) is 0 Å². The third-order valence-electron chi connectivity index (χ3n) is 3.61. The Morgan fingerprint density at radius 1 is 1.35 bits per heavy atom. The lowest BCUT2D eigenvalue weighted by Gasteiger charge is -2.36. The van der Waals surface area contributed by atoms with Gasteiger partial charge in [0.05, 0.1) is 0 Å². The molecule has 0 aromatic heterocycles. The van der Waals surface area contributed by atoms with Crippen LogP contribution in [-0.2, 0) is 11.3 Å². The Morgan fingerprint density at radius 3 is 2.75 bits per heavy atom. The molecule has 1 unspecified atom stereocenters. The van der Waals surface area contributed by atoms with Crippen molar-refractivity contribution < 1.29 is 4.79 Å². The minimum Gasteiger partial charge on any atom is -0.358 e. The number of benzene rings is 1. The molecule has 110 valence electrons. The van der Waals surface area contributed by atoms with Gasteiger partial charge in [0.2, 0.25) is 5.91 Å². The van der Waals surface area contributed by atoms with Gasteiger partial charge in [-0.15, -0.1) is 0 Å². The van der Waals surface area contributed by atoms with E-state index in [0.717, 1.165) is 18.8 Å². The van der Waals surface area contributed by atoms with Crippen molar-refractivity contribution in [3.63, 3.8) is 0 Å². The van der Waals surface area contributed by atoms with Crippen molar-refractivity contribution in [3.8, 4) is 0 Å². The second kappa shape index (κ2) is 5.83. The van der Waals surface area contributed by atoms with Crippen LogP contribution < -0.4 is 15.5 Å². The van der Waals surface area contributed by atoms with Crippen molar-refractivity contribution in [2.75, 3.05) is 18.0 Å². The number of nitrogens with one attached hydrogen (secondary N) is 2. The molecule has 1 saturated heterocycles. The quantitative estimate of drug-likeness (QED) is 0.885. The molecule has 2 N–H and O–H groups in total. The average Bonchev–Trinajstić information content (AvgIpc) is 2.39. The summed E-state index contributed by atoms with van der Waals surface area (Å²) in [5, 5.41) is 6.43. The number of hydrogen-bond acceptors (Lipinski definition) is 3. The highest BCUT2D eigenvalue weighted by molar-refractivity contribution is 5.86. The topological polar surface area (TPSA) is 44.4 Å². The van der Waals surface area contributed by atoms with Crippen LogP contribution in [0.1, 0.15) is 33.3 Å². The molecule has 0 aliphatic carbocycles. The Hall–Kier alpha value is -1.55. The summed E-state index contributed by atoms with van der Waals surface area (Å²) in [6.45, 7) is 10.8. The van der Waals surface area contributed by atoms with Crippen LogP contribution in [-0.4, -0.2) is 30.6 Å². The van der Waals surface area contributed by atoms with E-state index in [0.29, 0.717) is 6.54 Å². The van der Waals surface area contributed by atoms with Crippen LogP contribution >= 0.6 is 0 Å². The lowest BCUT2D eigenvalue weighted by molar-refractivity contribution is -0.122. The van der Waals surface area contributed by atoms with E-state index in [1.807, 2.05) is 13.0 Å². The van der Waals surface area contributed by atoms with Crippen LogP contribution in [0.25, 0.3) is 0 Å². The standard InChI is InChI=1S/C16H25N3O/c1-12-15(20)17-9-10-19(12)14-8-6-5-7-13(14)11-18-16(2,3)4/h5-8,12,18H,9-11H2,1-4H3,(H,17,20). The monoisotopic (exact) mass is 275 g/mol. The molecule has 0 bridgehead atoms. The highest BCUT2D eigenvalue weighted by Gasteiger charge is 2.26. The molecule has 1 aromatic rings. The van der Waals surface area contributed by atoms with Crippen LogP contribution in [0.2, 0.25) is 0 Å². The third kappa shape index (κ3) is 3.51. The summed E-state index contributed by atoms with van der Waals surface area (Å²) in [7, 11) is 0. The Labute approximate surface area is 121 Å². The lowest BCUT2D eigenvalue weighted by atomic mass is 10.1. The van der Waals surface area contributed by atoms with E-state index in [4.69, 9.17) is 0 Å². The van der Waals surface area contributed by atoms with Gasteiger partial charge in [0, 0.05) is 30.9 Å². The third-order valence-corrected chi connectivity index (χ3v) is 3.61. The number of nitrogens with zero attached hydrogens (tertiary/aromatic N) is 1. The van der Waals surface area contributed by atoms with Gasteiger partial charge >= 0.3 is 0 Å². The molecular formula is C16H25N3O. The van der Waals surface area contributed by atoms with Crippen molar-refractivity contribution >= 4 is 11.6 Å². The first kappa shape index (κ1) is 14.9. The van der Waals surface area contributed by atoms with E-state index in [1.54, 1.807) is 0 Å². The minimum atomic E-state index is -0.112. The number of anilines is 1. The van der Waals surface area contributed by atoms with Gasteiger partial charge < -0.3 is 15.5 Å². The van der Waals surface area contributed by atoms with Crippen molar-refractivity contribution in [2.24, 2.45) is 0 Å². The zero-order valence-corrected chi connectivity index (χ0v) is 12.9. The number of hydrogen-bond donors (Lipinski definition) is 2.